The highest BCUT2D eigenvalue weighted by atomic mass is 14.2. The summed E-state index contributed by atoms with van der Waals surface area (Å²) < 4.78 is 0. The van der Waals surface area contributed by atoms with Gasteiger partial charge in [-0.1, -0.05) is 58.8 Å². The summed E-state index contributed by atoms with van der Waals surface area (Å²) in [5.41, 5.74) is 0. The van der Waals surface area contributed by atoms with Crippen LogP contribution in [0.15, 0.2) is 0 Å². The predicted octanol–water partition coefficient (Wildman–Crippen LogP) is 4.00. The van der Waals surface area contributed by atoms with Gasteiger partial charge in [0.15, 0.2) is 0 Å². The standard InChI is InChI=1S/C11H22/c1-3-11-9-7-5-4-6-8-10(11)2/h10-11H,3-9H2,1-2H3. The lowest BCUT2D eigenvalue weighted by Crippen LogP contribution is -2.12. The van der Waals surface area contributed by atoms with Gasteiger partial charge in [-0.15, -0.1) is 0 Å². The van der Waals surface area contributed by atoms with Gasteiger partial charge in [-0.3, -0.25) is 0 Å². The molecule has 1 aliphatic carbocycles. The summed E-state index contributed by atoms with van der Waals surface area (Å²) in [5, 5.41) is 0. The molecule has 2 atom stereocenters. The van der Waals surface area contributed by atoms with Gasteiger partial charge in [0.1, 0.15) is 0 Å². The highest BCUT2D eigenvalue weighted by Crippen LogP contribution is 2.29. The normalized spacial score (nSPS) is 34.4. The van der Waals surface area contributed by atoms with Crippen LogP contribution in [0.4, 0.5) is 0 Å². The van der Waals surface area contributed by atoms with Gasteiger partial charge in [-0.2, -0.15) is 0 Å². The minimum atomic E-state index is 1.00. The molecule has 0 spiro atoms. The number of hydrogen-bond acceptors (Lipinski definition) is 0. The molecule has 0 aromatic rings. The molecule has 1 fully saturated rings. The Bertz CT molecular complexity index is 96.2. The molecule has 66 valence electrons. The van der Waals surface area contributed by atoms with E-state index in [9.17, 15) is 0 Å². The predicted molar refractivity (Wildman–Crippen MR) is 50.6 cm³/mol. The average Bonchev–Trinajstić information content (AvgIpc) is 1.98. The minimum Gasteiger partial charge on any atom is -0.0651 e. The number of rotatable bonds is 1. The summed E-state index contributed by atoms with van der Waals surface area (Å²) in [6.07, 6.45) is 10.3. The molecule has 0 aromatic carbocycles. The third-order valence-corrected chi connectivity index (χ3v) is 3.31. The molecule has 11 heavy (non-hydrogen) atoms. The fourth-order valence-corrected chi connectivity index (χ4v) is 2.35. The summed E-state index contributed by atoms with van der Waals surface area (Å²) in [7, 11) is 0. The molecular weight excluding hydrogens is 132 g/mol. The molecule has 1 aliphatic rings. The lowest BCUT2D eigenvalue weighted by Gasteiger charge is -2.24. The van der Waals surface area contributed by atoms with E-state index in [-0.39, 0.29) is 0 Å². The summed E-state index contributed by atoms with van der Waals surface area (Å²) in [5.74, 6) is 2.04. The largest absolute Gasteiger partial charge is 0.0651 e. The van der Waals surface area contributed by atoms with E-state index in [0.717, 1.165) is 11.8 Å². The molecule has 1 rings (SSSR count). The monoisotopic (exact) mass is 154 g/mol. The van der Waals surface area contributed by atoms with Crippen molar-refractivity contribution in [2.24, 2.45) is 11.8 Å². The van der Waals surface area contributed by atoms with Gasteiger partial charge < -0.3 is 0 Å². The Morgan fingerprint density at radius 1 is 1.00 bits per heavy atom. The Hall–Kier alpha value is 0. The Balaban J connectivity index is 2.33. The van der Waals surface area contributed by atoms with Crippen LogP contribution in [0, 0.1) is 11.8 Å². The van der Waals surface area contributed by atoms with E-state index >= 15 is 0 Å². The van der Waals surface area contributed by atoms with Gasteiger partial charge in [-0.25, -0.2) is 0 Å². The summed E-state index contributed by atoms with van der Waals surface area (Å²) in [6.45, 7) is 4.79. The van der Waals surface area contributed by atoms with Crippen molar-refractivity contribution in [3.8, 4) is 0 Å². The van der Waals surface area contributed by atoms with Gasteiger partial charge in [0.05, 0.1) is 0 Å². The van der Waals surface area contributed by atoms with E-state index in [0.29, 0.717) is 0 Å². The molecule has 0 saturated heterocycles. The van der Waals surface area contributed by atoms with Crippen LogP contribution in [0.25, 0.3) is 0 Å². The van der Waals surface area contributed by atoms with Gasteiger partial charge in [0.2, 0.25) is 0 Å². The number of hydrogen-bond donors (Lipinski definition) is 0. The van der Waals surface area contributed by atoms with Crippen molar-refractivity contribution >= 4 is 0 Å². The van der Waals surface area contributed by atoms with Crippen LogP contribution in [0.1, 0.15) is 58.8 Å². The van der Waals surface area contributed by atoms with Crippen LogP contribution in [0.2, 0.25) is 0 Å². The van der Waals surface area contributed by atoms with Crippen molar-refractivity contribution in [1.29, 1.82) is 0 Å². The molecule has 0 N–H and O–H groups in total. The van der Waals surface area contributed by atoms with E-state index in [1.54, 1.807) is 0 Å². The van der Waals surface area contributed by atoms with Crippen LogP contribution in [-0.4, -0.2) is 0 Å². The zero-order valence-electron chi connectivity index (χ0n) is 8.10. The fourth-order valence-electron chi connectivity index (χ4n) is 2.35. The highest BCUT2D eigenvalue weighted by Gasteiger charge is 2.16. The quantitative estimate of drug-likeness (QED) is 0.535. The van der Waals surface area contributed by atoms with E-state index in [4.69, 9.17) is 0 Å². The zero-order valence-corrected chi connectivity index (χ0v) is 8.10. The van der Waals surface area contributed by atoms with E-state index in [1.807, 2.05) is 0 Å². The van der Waals surface area contributed by atoms with Gasteiger partial charge in [0.25, 0.3) is 0 Å². The van der Waals surface area contributed by atoms with Gasteiger partial charge in [0, 0.05) is 0 Å². The lowest BCUT2D eigenvalue weighted by atomic mass is 9.81. The zero-order chi connectivity index (χ0) is 8.10. The smallest absolute Gasteiger partial charge is 0.0391 e. The van der Waals surface area contributed by atoms with Crippen molar-refractivity contribution in [1.82, 2.24) is 0 Å². The fraction of sp³-hybridized carbons (Fsp3) is 1.00. The topological polar surface area (TPSA) is 0 Å². The molecule has 0 radical (unpaired) electrons. The SMILES string of the molecule is CCC1CCCCCCC1C. The van der Waals surface area contributed by atoms with Crippen molar-refractivity contribution in [2.75, 3.05) is 0 Å². The van der Waals surface area contributed by atoms with Gasteiger partial charge in [-0.05, 0) is 11.8 Å². The van der Waals surface area contributed by atoms with Crippen LogP contribution in [0.3, 0.4) is 0 Å². The molecule has 0 nitrogen and oxygen atoms in total. The molecule has 0 bridgehead atoms. The first-order valence-electron chi connectivity index (χ1n) is 5.34. The second-order valence-electron chi connectivity index (χ2n) is 4.14. The molecular formula is C11H22. The van der Waals surface area contributed by atoms with E-state index in [2.05, 4.69) is 13.8 Å². The highest BCUT2D eigenvalue weighted by molar-refractivity contribution is 4.68. The first kappa shape index (κ1) is 9.09. The summed E-state index contributed by atoms with van der Waals surface area (Å²) in [4.78, 5) is 0. The maximum Gasteiger partial charge on any atom is -0.0391 e. The molecule has 0 heterocycles. The average molecular weight is 154 g/mol. The molecule has 0 aliphatic heterocycles. The minimum absolute atomic E-state index is 1.00. The third-order valence-electron chi connectivity index (χ3n) is 3.31. The molecule has 0 amide bonds. The van der Waals surface area contributed by atoms with Crippen LogP contribution in [-0.2, 0) is 0 Å². The first-order valence-corrected chi connectivity index (χ1v) is 5.34. The van der Waals surface area contributed by atoms with E-state index < -0.39 is 0 Å². The second-order valence-corrected chi connectivity index (χ2v) is 4.14. The molecule has 0 aromatic heterocycles. The van der Waals surface area contributed by atoms with Crippen molar-refractivity contribution in [3.63, 3.8) is 0 Å². The summed E-state index contributed by atoms with van der Waals surface area (Å²) >= 11 is 0. The maximum absolute atomic E-state index is 2.44. The van der Waals surface area contributed by atoms with Crippen molar-refractivity contribution in [2.45, 2.75) is 58.8 Å². The first-order chi connectivity index (χ1) is 5.34. The second kappa shape index (κ2) is 4.79. The van der Waals surface area contributed by atoms with Crippen LogP contribution >= 0.6 is 0 Å². The maximum atomic E-state index is 2.44. The molecule has 0 heteroatoms. The van der Waals surface area contributed by atoms with Crippen molar-refractivity contribution < 1.29 is 0 Å². The molecule has 2 unspecified atom stereocenters. The van der Waals surface area contributed by atoms with E-state index in [1.165, 1.54) is 44.9 Å². The summed E-state index contributed by atoms with van der Waals surface area (Å²) in [6, 6.07) is 0. The van der Waals surface area contributed by atoms with Crippen LogP contribution in [0.5, 0.6) is 0 Å². The molecule has 1 saturated carbocycles. The third kappa shape index (κ3) is 2.84. The van der Waals surface area contributed by atoms with Crippen LogP contribution < -0.4 is 0 Å². The van der Waals surface area contributed by atoms with Gasteiger partial charge >= 0.3 is 0 Å². The Morgan fingerprint density at radius 3 is 2.27 bits per heavy atom. The lowest BCUT2D eigenvalue weighted by molar-refractivity contribution is 0.273. The Labute approximate surface area is 71.4 Å². The Morgan fingerprint density at radius 2 is 1.64 bits per heavy atom. The van der Waals surface area contributed by atoms with Crippen molar-refractivity contribution in [3.05, 3.63) is 0 Å². The Kier molecular flexibility index (Phi) is 3.96.